The highest BCUT2D eigenvalue weighted by molar-refractivity contribution is 6.30. The summed E-state index contributed by atoms with van der Waals surface area (Å²) in [6.07, 6.45) is 1.69. The standard InChI is InChI=1S/C19H18ClN3O2/c1-23(2)19(24)14-4-3-5-16(10-14)21-12-18-22-11-17(25-18)13-6-8-15(20)9-7-13/h3-11,21H,12H2,1-2H3. The van der Waals surface area contributed by atoms with Crippen LogP contribution in [0.25, 0.3) is 11.3 Å². The number of oxazole rings is 1. The number of hydrogen-bond donors (Lipinski definition) is 1. The third kappa shape index (κ3) is 4.19. The summed E-state index contributed by atoms with van der Waals surface area (Å²) in [6, 6.07) is 14.7. The van der Waals surface area contributed by atoms with Crippen LogP contribution in [0.2, 0.25) is 5.02 Å². The van der Waals surface area contributed by atoms with Crippen molar-refractivity contribution in [3.05, 3.63) is 71.2 Å². The first-order valence-electron chi connectivity index (χ1n) is 7.79. The minimum atomic E-state index is -0.0372. The van der Waals surface area contributed by atoms with Gasteiger partial charge in [0.15, 0.2) is 5.76 Å². The zero-order valence-corrected chi connectivity index (χ0v) is 14.7. The van der Waals surface area contributed by atoms with Crippen LogP contribution in [0, 0.1) is 0 Å². The first-order valence-corrected chi connectivity index (χ1v) is 8.17. The lowest BCUT2D eigenvalue weighted by Gasteiger charge is -2.11. The van der Waals surface area contributed by atoms with Crippen molar-refractivity contribution in [2.45, 2.75) is 6.54 Å². The second kappa shape index (κ2) is 7.40. The average Bonchev–Trinajstić information content (AvgIpc) is 3.09. The Labute approximate surface area is 151 Å². The molecule has 0 aliphatic rings. The molecule has 0 fully saturated rings. The summed E-state index contributed by atoms with van der Waals surface area (Å²) in [5.74, 6) is 1.21. The number of halogens is 1. The SMILES string of the molecule is CN(C)C(=O)c1cccc(NCc2ncc(-c3ccc(Cl)cc3)o2)c1. The highest BCUT2D eigenvalue weighted by Crippen LogP contribution is 2.22. The second-order valence-corrected chi connectivity index (χ2v) is 6.20. The van der Waals surface area contributed by atoms with Crippen LogP contribution in [0.15, 0.2) is 59.1 Å². The Morgan fingerprint density at radius 2 is 1.96 bits per heavy atom. The summed E-state index contributed by atoms with van der Waals surface area (Å²) >= 11 is 5.89. The highest BCUT2D eigenvalue weighted by atomic mass is 35.5. The molecule has 1 heterocycles. The fourth-order valence-electron chi connectivity index (χ4n) is 2.34. The van der Waals surface area contributed by atoms with Crippen LogP contribution in [-0.2, 0) is 6.54 Å². The summed E-state index contributed by atoms with van der Waals surface area (Å²) in [5, 5.41) is 3.90. The van der Waals surface area contributed by atoms with E-state index in [-0.39, 0.29) is 5.91 Å². The van der Waals surface area contributed by atoms with Crippen molar-refractivity contribution in [2.75, 3.05) is 19.4 Å². The van der Waals surface area contributed by atoms with Gasteiger partial charge in [-0.3, -0.25) is 4.79 Å². The number of anilines is 1. The Morgan fingerprint density at radius 3 is 2.68 bits per heavy atom. The van der Waals surface area contributed by atoms with E-state index in [4.69, 9.17) is 16.0 Å². The smallest absolute Gasteiger partial charge is 0.253 e. The number of aromatic nitrogens is 1. The van der Waals surface area contributed by atoms with Gasteiger partial charge in [-0.15, -0.1) is 0 Å². The molecule has 0 aliphatic carbocycles. The molecule has 6 heteroatoms. The summed E-state index contributed by atoms with van der Waals surface area (Å²) < 4.78 is 5.76. The Morgan fingerprint density at radius 1 is 1.20 bits per heavy atom. The molecule has 2 aromatic carbocycles. The summed E-state index contributed by atoms with van der Waals surface area (Å²) in [6.45, 7) is 0.424. The molecule has 0 atom stereocenters. The van der Waals surface area contributed by atoms with Crippen molar-refractivity contribution in [3.63, 3.8) is 0 Å². The van der Waals surface area contributed by atoms with E-state index in [9.17, 15) is 4.79 Å². The molecular weight excluding hydrogens is 338 g/mol. The van der Waals surface area contributed by atoms with Gasteiger partial charge in [-0.05, 0) is 42.5 Å². The molecule has 0 spiro atoms. The van der Waals surface area contributed by atoms with Crippen LogP contribution in [0.3, 0.4) is 0 Å². The van der Waals surface area contributed by atoms with E-state index in [1.807, 2.05) is 42.5 Å². The molecule has 3 aromatic rings. The average molecular weight is 356 g/mol. The van der Waals surface area contributed by atoms with Gasteiger partial charge >= 0.3 is 0 Å². The van der Waals surface area contributed by atoms with Crippen LogP contribution in [0.1, 0.15) is 16.2 Å². The fraction of sp³-hybridized carbons (Fsp3) is 0.158. The maximum Gasteiger partial charge on any atom is 0.253 e. The zero-order chi connectivity index (χ0) is 17.8. The highest BCUT2D eigenvalue weighted by Gasteiger charge is 2.09. The normalized spacial score (nSPS) is 10.5. The van der Waals surface area contributed by atoms with E-state index in [0.29, 0.717) is 28.8 Å². The van der Waals surface area contributed by atoms with Crippen molar-refractivity contribution >= 4 is 23.2 Å². The molecule has 1 amide bonds. The number of rotatable bonds is 5. The van der Waals surface area contributed by atoms with Gasteiger partial charge < -0.3 is 14.6 Å². The number of nitrogens with zero attached hydrogens (tertiary/aromatic N) is 2. The predicted molar refractivity (Wildman–Crippen MR) is 98.7 cm³/mol. The van der Waals surface area contributed by atoms with Gasteiger partial charge in [-0.1, -0.05) is 17.7 Å². The van der Waals surface area contributed by atoms with E-state index >= 15 is 0 Å². The Balaban J connectivity index is 1.67. The molecule has 0 radical (unpaired) electrons. The van der Waals surface area contributed by atoms with Gasteiger partial charge in [-0.2, -0.15) is 0 Å². The number of nitrogens with one attached hydrogen (secondary N) is 1. The molecular formula is C19H18ClN3O2. The first-order chi connectivity index (χ1) is 12.0. The van der Waals surface area contributed by atoms with E-state index in [2.05, 4.69) is 10.3 Å². The number of carbonyl (C=O) groups is 1. The summed E-state index contributed by atoms with van der Waals surface area (Å²) in [4.78, 5) is 17.8. The zero-order valence-electron chi connectivity index (χ0n) is 14.0. The lowest BCUT2D eigenvalue weighted by Crippen LogP contribution is -2.21. The van der Waals surface area contributed by atoms with Crippen molar-refractivity contribution in [1.82, 2.24) is 9.88 Å². The van der Waals surface area contributed by atoms with Gasteiger partial charge in [0.25, 0.3) is 5.91 Å². The largest absolute Gasteiger partial charge is 0.439 e. The number of amides is 1. The maximum atomic E-state index is 12.0. The molecule has 0 saturated carbocycles. The van der Waals surface area contributed by atoms with Gasteiger partial charge in [0.1, 0.15) is 0 Å². The lowest BCUT2D eigenvalue weighted by molar-refractivity contribution is 0.0827. The van der Waals surface area contributed by atoms with Gasteiger partial charge in [0.05, 0.1) is 12.7 Å². The van der Waals surface area contributed by atoms with Crippen molar-refractivity contribution in [1.29, 1.82) is 0 Å². The summed E-state index contributed by atoms with van der Waals surface area (Å²) in [7, 11) is 3.46. The quantitative estimate of drug-likeness (QED) is 0.741. The molecule has 0 aliphatic heterocycles. The van der Waals surface area contributed by atoms with Crippen LogP contribution in [0.5, 0.6) is 0 Å². The maximum absolute atomic E-state index is 12.0. The van der Waals surface area contributed by atoms with Crippen LogP contribution in [-0.4, -0.2) is 29.9 Å². The minimum absolute atomic E-state index is 0.0372. The molecule has 0 unspecified atom stereocenters. The van der Waals surface area contributed by atoms with Gasteiger partial charge in [0.2, 0.25) is 5.89 Å². The van der Waals surface area contributed by atoms with Crippen LogP contribution >= 0.6 is 11.6 Å². The van der Waals surface area contributed by atoms with Crippen molar-refractivity contribution < 1.29 is 9.21 Å². The number of hydrogen-bond acceptors (Lipinski definition) is 4. The fourth-order valence-corrected chi connectivity index (χ4v) is 2.46. The minimum Gasteiger partial charge on any atom is -0.439 e. The monoisotopic (exact) mass is 355 g/mol. The molecule has 5 nitrogen and oxygen atoms in total. The molecule has 1 aromatic heterocycles. The lowest BCUT2D eigenvalue weighted by atomic mass is 10.2. The van der Waals surface area contributed by atoms with E-state index in [0.717, 1.165) is 11.3 Å². The predicted octanol–water partition coefficient (Wildman–Crippen LogP) is 4.31. The molecule has 0 saturated heterocycles. The Kier molecular flexibility index (Phi) is 5.05. The van der Waals surface area contributed by atoms with Crippen molar-refractivity contribution in [3.8, 4) is 11.3 Å². The molecule has 128 valence electrons. The molecule has 1 N–H and O–H groups in total. The molecule has 3 rings (SSSR count). The van der Waals surface area contributed by atoms with E-state index < -0.39 is 0 Å². The third-order valence-electron chi connectivity index (χ3n) is 3.64. The number of carbonyl (C=O) groups excluding carboxylic acids is 1. The molecule has 0 bridgehead atoms. The van der Waals surface area contributed by atoms with Crippen LogP contribution in [0.4, 0.5) is 5.69 Å². The van der Waals surface area contributed by atoms with Gasteiger partial charge in [0, 0.05) is 35.9 Å². The second-order valence-electron chi connectivity index (χ2n) is 5.76. The van der Waals surface area contributed by atoms with E-state index in [1.54, 1.807) is 31.3 Å². The molecule has 25 heavy (non-hydrogen) atoms. The Bertz CT molecular complexity index is 872. The van der Waals surface area contributed by atoms with E-state index in [1.165, 1.54) is 0 Å². The van der Waals surface area contributed by atoms with Crippen LogP contribution < -0.4 is 5.32 Å². The topological polar surface area (TPSA) is 58.4 Å². The van der Waals surface area contributed by atoms with Crippen molar-refractivity contribution in [2.24, 2.45) is 0 Å². The Hall–Kier alpha value is -2.79. The third-order valence-corrected chi connectivity index (χ3v) is 3.89. The summed E-state index contributed by atoms with van der Waals surface area (Å²) in [5.41, 5.74) is 2.38. The van der Waals surface area contributed by atoms with Gasteiger partial charge in [-0.25, -0.2) is 4.98 Å². The first kappa shape index (κ1) is 17.0. The number of benzene rings is 2.